The average Bonchev–Trinajstić information content (AvgIpc) is 1.90. The molecule has 2 heteroatoms. The fraction of sp³-hybridized carbons (Fsp3) is 0.500. The lowest BCUT2D eigenvalue weighted by molar-refractivity contribution is -0.109. The van der Waals surface area contributed by atoms with E-state index in [0.29, 0.717) is 0 Å². The Hall–Kier alpha value is -0.630. The van der Waals surface area contributed by atoms with Crippen LogP contribution in [0.4, 0.5) is 0 Å². The molecule has 0 bridgehead atoms. The van der Waals surface area contributed by atoms with E-state index in [1.165, 1.54) is 0 Å². The molecule has 0 saturated heterocycles. The maximum absolute atomic E-state index is 10.1. The van der Waals surface area contributed by atoms with E-state index in [0.717, 1.165) is 19.3 Å². The van der Waals surface area contributed by atoms with E-state index in [9.17, 15) is 4.79 Å². The normalized spacial score (nSPS) is 27.8. The van der Waals surface area contributed by atoms with Crippen LogP contribution in [0.5, 0.6) is 0 Å². The molecule has 0 radical (unpaired) electrons. The molecule has 1 aliphatic rings. The Labute approximate surface area is 48.6 Å². The first-order valence-electron chi connectivity index (χ1n) is 2.77. The molecule has 2 nitrogen and oxygen atoms in total. The number of rotatable bonds is 1. The number of carbonyl (C=O) groups is 1. The fourth-order valence-electron chi connectivity index (χ4n) is 0.733. The zero-order chi connectivity index (χ0) is 5.82. The number of hydrogen-bond donors (Lipinski definition) is 1. The maximum Gasteiger partial charge on any atom is 0.137 e. The Morgan fingerprint density at radius 1 is 1.62 bits per heavy atom. The van der Waals surface area contributed by atoms with E-state index in [2.05, 4.69) is 5.32 Å². The molecule has 0 saturated carbocycles. The molecular formula is C6H9NO. The molecule has 1 rings (SSSR count). The third-order valence-corrected chi connectivity index (χ3v) is 1.22. The topological polar surface area (TPSA) is 29.1 Å². The number of carbonyl (C=O) groups excluding carboxylic acids is 1. The van der Waals surface area contributed by atoms with Gasteiger partial charge in [0.15, 0.2) is 0 Å². The van der Waals surface area contributed by atoms with Crippen LogP contribution in [0.2, 0.25) is 0 Å². The molecule has 0 aromatic carbocycles. The molecule has 0 aliphatic carbocycles. The summed E-state index contributed by atoms with van der Waals surface area (Å²) in [5.74, 6) is 0. The zero-order valence-corrected chi connectivity index (χ0v) is 4.63. The summed E-state index contributed by atoms with van der Waals surface area (Å²) in [6, 6.07) is 0.0694. The van der Waals surface area contributed by atoms with Crippen molar-refractivity contribution in [2.45, 2.75) is 12.5 Å². The molecule has 1 unspecified atom stereocenters. The van der Waals surface area contributed by atoms with Gasteiger partial charge in [-0.3, -0.25) is 0 Å². The molecule has 44 valence electrons. The van der Waals surface area contributed by atoms with Gasteiger partial charge in [0.25, 0.3) is 0 Å². The summed E-state index contributed by atoms with van der Waals surface area (Å²) in [5, 5.41) is 3.01. The molecule has 0 amide bonds. The van der Waals surface area contributed by atoms with Gasteiger partial charge in [0.2, 0.25) is 0 Å². The second-order valence-electron chi connectivity index (χ2n) is 1.86. The monoisotopic (exact) mass is 111 g/mol. The second-order valence-corrected chi connectivity index (χ2v) is 1.86. The Morgan fingerprint density at radius 3 is 2.88 bits per heavy atom. The van der Waals surface area contributed by atoms with Crippen molar-refractivity contribution in [3.63, 3.8) is 0 Å². The van der Waals surface area contributed by atoms with E-state index in [-0.39, 0.29) is 6.04 Å². The molecule has 1 aliphatic heterocycles. The lowest BCUT2D eigenvalue weighted by Crippen LogP contribution is -2.32. The lowest BCUT2D eigenvalue weighted by atomic mass is 10.2. The Balaban J connectivity index is 2.37. The van der Waals surface area contributed by atoms with Gasteiger partial charge in [-0.2, -0.15) is 0 Å². The van der Waals surface area contributed by atoms with Crippen LogP contribution in [0.25, 0.3) is 0 Å². The fourth-order valence-corrected chi connectivity index (χ4v) is 0.733. The number of hydrogen-bond acceptors (Lipinski definition) is 2. The van der Waals surface area contributed by atoms with Crippen LogP contribution in [-0.4, -0.2) is 18.9 Å². The van der Waals surface area contributed by atoms with Crippen LogP contribution in [0.3, 0.4) is 0 Å². The summed E-state index contributed by atoms with van der Waals surface area (Å²) in [5.41, 5.74) is 0. The molecule has 0 spiro atoms. The van der Waals surface area contributed by atoms with Crippen LogP contribution >= 0.6 is 0 Å². The molecule has 8 heavy (non-hydrogen) atoms. The highest BCUT2D eigenvalue weighted by Gasteiger charge is 2.04. The van der Waals surface area contributed by atoms with Gasteiger partial charge in [-0.1, -0.05) is 12.2 Å². The first-order chi connectivity index (χ1) is 3.93. The summed E-state index contributed by atoms with van der Waals surface area (Å²) >= 11 is 0. The summed E-state index contributed by atoms with van der Waals surface area (Å²) in [4.78, 5) is 10.1. The molecule has 0 fully saturated rings. The maximum atomic E-state index is 10.1. The SMILES string of the molecule is O=CC1CC=CCN1. The minimum atomic E-state index is 0.0694. The van der Waals surface area contributed by atoms with Crippen molar-refractivity contribution < 1.29 is 4.79 Å². The first-order valence-corrected chi connectivity index (χ1v) is 2.77. The van der Waals surface area contributed by atoms with Gasteiger partial charge in [0, 0.05) is 6.54 Å². The van der Waals surface area contributed by atoms with Gasteiger partial charge < -0.3 is 10.1 Å². The Morgan fingerprint density at radius 2 is 2.50 bits per heavy atom. The minimum Gasteiger partial charge on any atom is -0.304 e. The van der Waals surface area contributed by atoms with Crippen molar-refractivity contribution in [3.8, 4) is 0 Å². The van der Waals surface area contributed by atoms with Crippen LogP contribution in [0, 0.1) is 0 Å². The van der Waals surface area contributed by atoms with Gasteiger partial charge in [-0.05, 0) is 6.42 Å². The van der Waals surface area contributed by atoms with Crippen LogP contribution in [0.15, 0.2) is 12.2 Å². The van der Waals surface area contributed by atoms with Crippen molar-refractivity contribution in [1.29, 1.82) is 0 Å². The lowest BCUT2D eigenvalue weighted by Gasteiger charge is -2.11. The highest BCUT2D eigenvalue weighted by Crippen LogP contribution is 1.94. The summed E-state index contributed by atoms with van der Waals surface area (Å²) < 4.78 is 0. The van der Waals surface area contributed by atoms with Gasteiger partial charge in [-0.25, -0.2) is 0 Å². The Kier molecular flexibility index (Phi) is 1.80. The van der Waals surface area contributed by atoms with Crippen molar-refractivity contribution >= 4 is 6.29 Å². The second kappa shape index (κ2) is 2.62. The van der Waals surface area contributed by atoms with Gasteiger partial charge in [0.1, 0.15) is 6.29 Å². The standard InChI is InChI=1S/C6H9NO/c8-5-6-3-1-2-4-7-6/h1-2,5-7H,3-4H2. The number of aldehydes is 1. The smallest absolute Gasteiger partial charge is 0.137 e. The van der Waals surface area contributed by atoms with Crippen LogP contribution in [0.1, 0.15) is 6.42 Å². The van der Waals surface area contributed by atoms with Crippen molar-refractivity contribution in [3.05, 3.63) is 12.2 Å². The quantitative estimate of drug-likeness (QED) is 0.384. The van der Waals surface area contributed by atoms with Crippen molar-refractivity contribution in [2.24, 2.45) is 0 Å². The van der Waals surface area contributed by atoms with Crippen molar-refractivity contribution in [2.75, 3.05) is 6.54 Å². The zero-order valence-electron chi connectivity index (χ0n) is 4.63. The van der Waals surface area contributed by atoms with E-state index in [1.54, 1.807) is 0 Å². The average molecular weight is 111 g/mol. The van der Waals surface area contributed by atoms with E-state index in [1.807, 2.05) is 12.2 Å². The van der Waals surface area contributed by atoms with Gasteiger partial charge in [-0.15, -0.1) is 0 Å². The molecule has 1 heterocycles. The summed E-state index contributed by atoms with van der Waals surface area (Å²) in [6.45, 7) is 0.837. The largest absolute Gasteiger partial charge is 0.304 e. The first kappa shape index (κ1) is 5.51. The predicted octanol–water partition coefficient (Wildman–Crippen LogP) is 0.103. The highest BCUT2D eigenvalue weighted by molar-refractivity contribution is 5.58. The van der Waals surface area contributed by atoms with E-state index >= 15 is 0 Å². The third kappa shape index (κ3) is 1.17. The Bertz CT molecular complexity index is 109. The third-order valence-electron chi connectivity index (χ3n) is 1.22. The highest BCUT2D eigenvalue weighted by atomic mass is 16.1. The minimum absolute atomic E-state index is 0.0694. The van der Waals surface area contributed by atoms with Crippen molar-refractivity contribution in [1.82, 2.24) is 5.32 Å². The van der Waals surface area contributed by atoms with Crippen LogP contribution in [-0.2, 0) is 4.79 Å². The summed E-state index contributed by atoms with van der Waals surface area (Å²) in [7, 11) is 0. The van der Waals surface area contributed by atoms with Crippen LogP contribution < -0.4 is 5.32 Å². The molecular weight excluding hydrogens is 102 g/mol. The predicted molar refractivity (Wildman–Crippen MR) is 31.6 cm³/mol. The molecule has 1 N–H and O–H groups in total. The number of nitrogens with one attached hydrogen (secondary N) is 1. The van der Waals surface area contributed by atoms with Gasteiger partial charge >= 0.3 is 0 Å². The van der Waals surface area contributed by atoms with E-state index in [4.69, 9.17) is 0 Å². The molecule has 1 atom stereocenters. The van der Waals surface area contributed by atoms with Gasteiger partial charge in [0.05, 0.1) is 6.04 Å². The summed E-state index contributed by atoms with van der Waals surface area (Å²) in [6.07, 6.45) is 5.85. The van der Waals surface area contributed by atoms with E-state index < -0.39 is 0 Å². The molecule has 0 aromatic heterocycles. The molecule has 0 aromatic rings.